The second-order valence-electron chi connectivity index (χ2n) is 7.89. The van der Waals surface area contributed by atoms with E-state index in [4.69, 9.17) is 9.47 Å². The van der Waals surface area contributed by atoms with Gasteiger partial charge in [-0.05, 0) is 55.0 Å². The molecule has 1 fully saturated rings. The fourth-order valence-electron chi connectivity index (χ4n) is 4.52. The number of nitrogens with zero attached hydrogens (tertiary/aromatic N) is 1. The minimum Gasteiger partial charge on any atom is -0.493 e. The standard InChI is InChI=1S/C25H29NO3/c1-28-23-16-20-13-14-26(25(27)19-11-7-4-8-12-19)22(21(20)17-24(23)29-2)15-18-9-5-3-6-10-18/h4,7-8,11-12,15-18H,3,5-6,9-10,13-14H2,1-2H3/b22-15+. The van der Waals surface area contributed by atoms with Gasteiger partial charge in [0.05, 0.1) is 14.2 Å². The molecule has 1 heterocycles. The van der Waals surface area contributed by atoms with Gasteiger partial charge in [-0.25, -0.2) is 0 Å². The lowest BCUT2D eigenvalue weighted by molar-refractivity contribution is 0.0832. The minimum absolute atomic E-state index is 0.0631. The molecule has 4 rings (SSSR count). The Labute approximate surface area is 173 Å². The molecule has 0 N–H and O–H groups in total. The molecule has 4 nitrogen and oxygen atoms in total. The van der Waals surface area contributed by atoms with Gasteiger partial charge < -0.3 is 14.4 Å². The summed E-state index contributed by atoms with van der Waals surface area (Å²) in [7, 11) is 3.32. The van der Waals surface area contributed by atoms with Crippen LogP contribution < -0.4 is 9.47 Å². The number of carbonyl (C=O) groups excluding carboxylic acids is 1. The van der Waals surface area contributed by atoms with Crippen molar-refractivity contribution in [3.63, 3.8) is 0 Å². The fourth-order valence-corrected chi connectivity index (χ4v) is 4.52. The van der Waals surface area contributed by atoms with Crippen LogP contribution in [0.4, 0.5) is 0 Å². The Morgan fingerprint density at radius 3 is 2.38 bits per heavy atom. The predicted octanol–water partition coefficient (Wildman–Crippen LogP) is 5.32. The first kappa shape index (κ1) is 19.6. The number of fused-ring (bicyclic) bond motifs is 1. The third-order valence-electron chi connectivity index (χ3n) is 6.09. The first-order valence-electron chi connectivity index (χ1n) is 10.5. The molecular weight excluding hydrogens is 362 g/mol. The summed E-state index contributed by atoms with van der Waals surface area (Å²) in [5.74, 6) is 2.03. The number of benzene rings is 2. The zero-order chi connectivity index (χ0) is 20.2. The second kappa shape index (κ2) is 8.73. The van der Waals surface area contributed by atoms with Gasteiger partial charge in [-0.3, -0.25) is 4.79 Å². The lowest BCUT2D eigenvalue weighted by Crippen LogP contribution is -2.35. The SMILES string of the molecule is COc1cc2c(cc1OC)/C(=C\C1CCCCC1)N(C(=O)c1ccccc1)CC2. The molecule has 2 aromatic rings. The van der Waals surface area contributed by atoms with Gasteiger partial charge >= 0.3 is 0 Å². The number of amides is 1. The topological polar surface area (TPSA) is 38.8 Å². The number of allylic oxidation sites excluding steroid dienone is 1. The summed E-state index contributed by atoms with van der Waals surface area (Å²) < 4.78 is 11.1. The molecule has 0 spiro atoms. The average Bonchev–Trinajstić information content (AvgIpc) is 2.79. The van der Waals surface area contributed by atoms with E-state index >= 15 is 0 Å². The van der Waals surface area contributed by atoms with Gasteiger partial charge in [-0.15, -0.1) is 0 Å². The first-order chi connectivity index (χ1) is 14.2. The lowest BCUT2D eigenvalue weighted by atomic mass is 9.86. The average molecular weight is 392 g/mol. The Kier molecular flexibility index (Phi) is 5.89. The number of hydrogen-bond acceptors (Lipinski definition) is 3. The van der Waals surface area contributed by atoms with Crippen molar-refractivity contribution in [1.82, 2.24) is 4.90 Å². The smallest absolute Gasteiger partial charge is 0.258 e. The highest BCUT2D eigenvalue weighted by atomic mass is 16.5. The molecule has 29 heavy (non-hydrogen) atoms. The van der Waals surface area contributed by atoms with Crippen LogP contribution in [0.15, 0.2) is 48.5 Å². The highest BCUT2D eigenvalue weighted by molar-refractivity contribution is 6.00. The molecule has 0 bridgehead atoms. The highest BCUT2D eigenvalue weighted by Gasteiger charge is 2.29. The van der Waals surface area contributed by atoms with Crippen LogP contribution in [0.25, 0.3) is 5.70 Å². The largest absolute Gasteiger partial charge is 0.493 e. The van der Waals surface area contributed by atoms with Gasteiger partial charge in [0, 0.05) is 23.4 Å². The van der Waals surface area contributed by atoms with Crippen molar-refractivity contribution in [3.8, 4) is 11.5 Å². The summed E-state index contributed by atoms with van der Waals surface area (Å²) in [6.45, 7) is 0.675. The van der Waals surface area contributed by atoms with E-state index in [0.29, 0.717) is 18.2 Å². The molecule has 0 unspecified atom stereocenters. The molecule has 0 aromatic heterocycles. The van der Waals surface area contributed by atoms with E-state index in [1.807, 2.05) is 41.3 Å². The van der Waals surface area contributed by atoms with Crippen LogP contribution in [0, 0.1) is 5.92 Å². The molecule has 1 saturated carbocycles. The fraction of sp³-hybridized carbons (Fsp3) is 0.400. The van der Waals surface area contributed by atoms with Gasteiger partial charge in [0.25, 0.3) is 5.91 Å². The molecule has 0 radical (unpaired) electrons. The van der Waals surface area contributed by atoms with Crippen molar-refractivity contribution in [3.05, 3.63) is 65.2 Å². The Morgan fingerprint density at radius 2 is 1.69 bits per heavy atom. The number of methoxy groups -OCH3 is 2. The van der Waals surface area contributed by atoms with Gasteiger partial charge in [0.2, 0.25) is 0 Å². The quantitative estimate of drug-likeness (QED) is 0.708. The van der Waals surface area contributed by atoms with Crippen LogP contribution in [0.1, 0.15) is 53.6 Å². The van der Waals surface area contributed by atoms with E-state index in [-0.39, 0.29) is 5.91 Å². The summed E-state index contributed by atoms with van der Waals surface area (Å²) in [6.07, 6.45) is 9.37. The van der Waals surface area contributed by atoms with Crippen LogP contribution in [0.5, 0.6) is 11.5 Å². The third-order valence-corrected chi connectivity index (χ3v) is 6.09. The second-order valence-corrected chi connectivity index (χ2v) is 7.89. The number of hydrogen-bond donors (Lipinski definition) is 0. The van der Waals surface area contributed by atoms with Crippen molar-refractivity contribution in [1.29, 1.82) is 0 Å². The van der Waals surface area contributed by atoms with Gasteiger partial charge in [-0.2, -0.15) is 0 Å². The van der Waals surface area contributed by atoms with Crippen LogP contribution >= 0.6 is 0 Å². The van der Waals surface area contributed by atoms with E-state index in [2.05, 4.69) is 12.1 Å². The van der Waals surface area contributed by atoms with E-state index in [1.54, 1.807) is 14.2 Å². The molecular formula is C25H29NO3. The normalized spacial score (nSPS) is 18.4. The number of ether oxygens (including phenoxy) is 2. The third kappa shape index (κ3) is 4.02. The molecule has 1 amide bonds. The zero-order valence-electron chi connectivity index (χ0n) is 17.3. The summed E-state index contributed by atoms with van der Waals surface area (Å²) in [5.41, 5.74) is 4.05. The molecule has 1 aliphatic carbocycles. The van der Waals surface area contributed by atoms with E-state index in [1.165, 1.54) is 37.7 Å². The Bertz CT molecular complexity index is 898. The number of carbonyl (C=O) groups is 1. The van der Waals surface area contributed by atoms with Crippen molar-refractivity contribution in [2.45, 2.75) is 38.5 Å². The van der Waals surface area contributed by atoms with Crippen LogP contribution in [0.3, 0.4) is 0 Å². The lowest BCUT2D eigenvalue weighted by Gasteiger charge is -2.34. The minimum atomic E-state index is 0.0631. The Morgan fingerprint density at radius 1 is 1.00 bits per heavy atom. The molecule has 0 atom stereocenters. The van der Waals surface area contributed by atoms with Gasteiger partial charge in [0.15, 0.2) is 11.5 Å². The Balaban J connectivity index is 1.78. The van der Waals surface area contributed by atoms with Crippen molar-refractivity contribution >= 4 is 11.6 Å². The molecule has 0 saturated heterocycles. The van der Waals surface area contributed by atoms with E-state index in [0.717, 1.165) is 29.0 Å². The maximum atomic E-state index is 13.4. The monoisotopic (exact) mass is 391 g/mol. The summed E-state index contributed by atoms with van der Waals surface area (Å²) in [6, 6.07) is 13.7. The molecule has 2 aromatic carbocycles. The van der Waals surface area contributed by atoms with Crippen molar-refractivity contribution in [2.24, 2.45) is 5.92 Å². The maximum absolute atomic E-state index is 13.4. The summed E-state index contributed by atoms with van der Waals surface area (Å²) in [4.78, 5) is 15.3. The van der Waals surface area contributed by atoms with Gasteiger partial charge in [-0.1, -0.05) is 43.5 Å². The van der Waals surface area contributed by atoms with E-state index < -0.39 is 0 Å². The number of rotatable bonds is 4. The Hall–Kier alpha value is -2.75. The summed E-state index contributed by atoms with van der Waals surface area (Å²) in [5, 5.41) is 0. The van der Waals surface area contributed by atoms with Crippen LogP contribution in [0.2, 0.25) is 0 Å². The molecule has 2 aliphatic rings. The maximum Gasteiger partial charge on any atom is 0.258 e. The predicted molar refractivity (Wildman–Crippen MR) is 115 cm³/mol. The summed E-state index contributed by atoms with van der Waals surface area (Å²) >= 11 is 0. The molecule has 1 aliphatic heterocycles. The first-order valence-corrected chi connectivity index (χ1v) is 10.5. The molecule has 4 heteroatoms. The van der Waals surface area contributed by atoms with Crippen LogP contribution in [-0.4, -0.2) is 31.6 Å². The zero-order valence-corrected chi connectivity index (χ0v) is 17.3. The van der Waals surface area contributed by atoms with E-state index in [9.17, 15) is 4.79 Å². The van der Waals surface area contributed by atoms with Crippen molar-refractivity contribution in [2.75, 3.05) is 20.8 Å². The van der Waals surface area contributed by atoms with Crippen molar-refractivity contribution < 1.29 is 14.3 Å². The van der Waals surface area contributed by atoms with Gasteiger partial charge in [0.1, 0.15) is 0 Å². The highest BCUT2D eigenvalue weighted by Crippen LogP contribution is 2.39. The van der Waals surface area contributed by atoms with Crippen LogP contribution in [-0.2, 0) is 6.42 Å². The molecule has 152 valence electrons.